The van der Waals surface area contributed by atoms with Crippen LogP contribution >= 0.6 is 0 Å². The summed E-state index contributed by atoms with van der Waals surface area (Å²) in [5.74, 6) is 0.754. The monoisotopic (exact) mass is 228 g/mol. The highest BCUT2D eigenvalue weighted by Gasteiger charge is 2.24. The van der Waals surface area contributed by atoms with Crippen LogP contribution < -0.4 is 5.32 Å². The predicted molar refractivity (Wildman–Crippen MR) is 68.8 cm³/mol. The molecule has 0 spiro atoms. The van der Waals surface area contributed by atoms with E-state index in [2.05, 4.69) is 38.0 Å². The lowest BCUT2D eigenvalue weighted by Gasteiger charge is -2.36. The van der Waals surface area contributed by atoms with E-state index in [1.165, 1.54) is 19.5 Å². The molecule has 0 aromatic rings. The van der Waals surface area contributed by atoms with E-state index in [4.69, 9.17) is 4.74 Å². The molecule has 1 saturated heterocycles. The number of nitrogens with zero attached hydrogens (tertiary/aromatic N) is 1. The van der Waals surface area contributed by atoms with Gasteiger partial charge in [0, 0.05) is 19.7 Å². The Balaban J connectivity index is 2.23. The van der Waals surface area contributed by atoms with E-state index in [0.717, 1.165) is 18.9 Å². The minimum atomic E-state index is 0.00168. The summed E-state index contributed by atoms with van der Waals surface area (Å²) in [5.41, 5.74) is 0.00168. The van der Waals surface area contributed by atoms with E-state index < -0.39 is 0 Å². The van der Waals surface area contributed by atoms with Crippen molar-refractivity contribution in [2.24, 2.45) is 5.92 Å². The molecular formula is C13H28N2O. The number of piperidine rings is 1. The fraction of sp³-hybridized carbons (Fsp3) is 1.00. The average molecular weight is 228 g/mol. The van der Waals surface area contributed by atoms with Crippen LogP contribution in [-0.4, -0.2) is 50.3 Å². The molecule has 1 rings (SSSR count). The summed E-state index contributed by atoms with van der Waals surface area (Å²) in [7, 11) is 4.00. The van der Waals surface area contributed by atoms with Gasteiger partial charge < -0.3 is 15.0 Å². The van der Waals surface area contributed by atoms with Crippen LogP contribution in [0, 0.1) is 5.92 Å². The van der Waals surface area contributed by atoms with Crippen molar-refractivity contribution in [2.45, 2.75) is 45.3 Å². The zero-order chi connectivity index (χ0) is 12.2. The molecule has 3 heteroatoms. The normalized spacial score (nSPS) is 28.3. The van der Waals surface area contributed by atoms with Crippen molar-refractivity contribution in [3.8, 4) is 0 Å². The highest BCUT2D eigenvalue weighted by atomic mass is 16.5. The Labute approximate surface area is 101 Å². The number of likely N-dealkylation sites (tertiary alicyclic amines) is 1. The Morgan fingerprint density at radius 3 is 2.69 bits per heavy atom. The van der Waals surface area contributed by atoms with Gasteiger partial charge in [-0.2, -0.15) is 0 Å². The van der Waals surface area contributed by atoms with E-state index in [-0.39, 0.29) is 5.60 Å². The van der Waals surface area contributed by atoms with E-state index >= 15 is 0 Å². The van der Waals surface area contributed by atoms with Crippen molar-refractivity contribution < 1.29 is 4.74 Å². The molecular weight excluding hydrogens is 200 g/mol. The third-order valence-corrected chi connectivity index (χ3v) is 3.79. The first kappa shape index (κ1) is 13.9. The third-order valence-electron chi connectivity index (χ3n) is 3.79. The third kappa shape index (κ3) is 4.40. The molecule has 1 N–H and O–H groups in total. The highest BCUT2D eigenvalue weighted by Crippen LogP contribution is 2.16. The standard InChI is InChI=1S/C13H28N2O/c1-11-10-15(4)9-6-12(11)14-8-7-13(2,3)16-5/h11-12,14H,6-10H2,1-5H3. The predicted octanol–water partition coefficient (Wildman–Crippen LogP) is 1.73. The fourth-order valence-electron chi connectivity index (χ4n) is 2.32. The largest absolute Gasteiger partial charge is 0.379 e. The first-order valence-corrected chi connectivity index (χ1v) is 6.42. The molecule has 0 bridgehead atoms. The van der Waals surface area contributed by atoms with Gasteiger partial charge in [-0.25, -0.2) is 0 Å². The number of methoxy groups -OCH3 is 1. The molecule has 1 aliphatic rings. The maximum Gasteiger partial charge on any atom is 0.0634 e. The smallest absolute Gasteiger partial charge is 0.0634 e. The molecule has 1 heterocycles. The van der Waals surface area contributed by atoms with Crippen LogP contribution in [0.3, 0.4) is 0 Å². The van der Waals surface area contributed by atoms with E-state index in [0.29, 0.717) is 6.04 Å². The molecule has 0 aliphatic carbocycles. The summed E-state index contributed by atoms with van der Waals surface area (Å²) >= 11 is 0. The van der Waals surface area contributed by atoms with Gasteiger partial charge in [-0.05, 0) is 52.7 Å². The molecule has 3 nitrogen and oxygen atoms in total. The van der Waals surface area contributed by atoms with Crippen LogP contribution in [0.5, 0.6) is 0 Å². The first-order valence-electron chi connectivity index (χ1n) is 6.42. The SMILES string of the molecule is COC(C)(C)CCNC1CCN(C)CC1C. The van der Waals surface area contributed by atoms with Crippen molar-refractivity contribution in [1.29, 1.82) is 0 Å². The number of hydrogen-bond donors (Lipinski definition) is 1. The Morgan fingerprint density at radius 1 is 1.44 bits per heavy atom. The summed E-state index contributed by atoms with van der Waals surface area (Å²) in [6.45, 7) is 10.1. The van der Waals surface area contributed by atoms with Crippen LogP contribution in [0.4, 0.5) is 0 Å². The summed E-state index contributed by atoms with van der Waals surface area (Å²) in [5, 5.41) is 3.68. The molecule has 0 aromatic carbocycles. The van der Waals surface area contributed by atoms with Crippen molar-refractivity contribution in [3.63, 3.8) is 0 Å². The molecule has 0 amide bonds. The lowest BCUT2D eigenvalue weighted by atomic mass is 9.93. The second kappa shape index (κ2) is 5.99. The number of rotatable bonds is 5. The molecule has 2 unspecified atom stereocenters. The average Bonchev–Trinajstić information content (AvgIpc) is 2.21. The zero-order valence-electron chi connectivity index (χ0n) is 11.5. The Kier molecular flexibility index (Phi) is 5.22. The van der Waals surface area contributed by atoms with Gasteiger partial charge in [-0.1, -0.05) is 6.92 Å². The summed E-state index contributed by atoms with van der Waals surface area (Å²) < 4.78 is 5.42. The number of ether oxygens (including phenoxy) is 1. The van der Waals surface area contributed by atoms with Gasteiger partial charge in [-0.3, -0.25) is 0 Å². The molecule has 0 saturated carbocycles. The van der Waals surface area contributed by atoms with Crippen LogP contribution in [-0.2, 0) is 4.74 Å². The fourth-order valence-corrected chi connectivity index (χ4v) is 2.32. The van der Waals surface area contributed by atoms with Gasteiger partial charge in [0.2, 0.25) is 0 Å². The van der Waals surface area contributed by atoms with Gasteiger partial charge in [0.1, 0.15) is 0 Å². The number of nitrogens with one attached hydrogen (secondary N) is 1. The van der Waals surface area contributed by atoms with Gasteiger partial charge >= 0.3 is 0 Å². The van der Waals surface area contributed by atoms with Crippen LogP contribution in [0.2, 0.25) is 0 Å². The van der Waals surface area contributed by atoms with Crippen molar-refractivity contribution in [3.05, 3.63) is 0 Å². The second-order valence-corrected chi connectivity index (χ2v) is 5.80. The Bertz CT molecular complexity index is 206. The molecule has 0 radical (unpaired) electrons. The Morgan fingerprint density at radius 2 is 2.12 bits per heavy atom. The van der Waals surface area contributed by atoms with Gasteiger partial charge in [0.25, 0.3) is 0 Å². The quantitative estimate of drug-likeness (QED) is 0.775. The maximum atomic E-state index is 5.42. The summed E-state index contributed by atoms with van der Waals surface area (Å²) in [4.78, 5) is 2.42. The zero-order valence-corrected chi connectivity index (χ0v) is 11.5. The molecule has 1 fully saturated rings. The minimum Gasteiger partial charge on any atom is -0.379 e. The molecule has 0 aromatic heterocycles. The summed E-state index contributed by atoms with van der Waals surface area (Å²) in [6.07, 6.45) is 2.34. The first-order chi connectivity index (χ1) is 7.44. The van der Waals surface area contributed by atoms with Crippen molar-refractivity contribution in [2.75, 3.05) is 33.8 Å². The van der Waals surface area contributed by atoms with E-state index in [9.17, 15) is 0 Å². The van der Waals surface area contributed by atoms with Crippen LogP contribution in [0.25, 0.3) is 0 Å². The maximum absolute atomic E-state index is 5.42. The molecule has 16 heavy (non-hydrogen) atoms. The van der Waals surface area contributed by atoms with Crippen LogP contribution in [0.1, 0.15) is 33.6 Å². The lowest BCUT2D eigenvalue weighted by molar-refractivity contribution is 0.0143. The topological polar surface area (TPSA) is 24.5 Å². The number of hydrogen-bond acceptors (Lipinski definition) is 3. The van der Waals surface area contributed by atoms with E-state index in [1.807, 2.05) is 0 Å². The molecule has 2 atom stereocenters. The van der Waals surface area contributed by atoms with Gasteiger partial charge in [0.15, 0.2) is 0 Å². The van der Waals surface area contributed by atoms with Gasteiger partial charge in [0.05, 0.1) is 5.60 Å². The Hall–Kier alpha value is -0.120. The van der Waals surface area contributed by atoms with Crippen molar-refractivity contribution in [1.82, 2.24) is 10.2 Å². The molecule has 1 aliphatic heterocycles. The highest BCUT2D eigenvalue weighted by molar-refractivity contribution is 4.82. The summed E-state index contributed by atoms with van der Waals surface area (Å²) in [6, 6.07) is 0.684. The minimum absolute atomic E-state index is 0.00168. The van der Waals surface area contributed by atoms with Crippen LogP contribution in [0.15, 0.2) is 0 Å². The second-order valence-electron chi connectivity index (χ2n) is 5.80. The molecule has 96 valence electrons. The van der Waals surface area contributed by atoms with E-state index in [1.54, 1.807) is 7.11 Å². The van der Waals surface area contributed by atoms with Crippen molar-refractivity contribution >= 4 is 0 Å². The van der Waals surface area contributed by atoms with Gasteiger partial charge in [-0.15, -0.1) is 0 Å². The lowest BCUT2D eigenvalue weighted by Crippen LogP contribution is -2.47.